The highest BCUT2D eigenvalue weighted by molar-refractivity contribution is 8.00. The van der Waals surface area contributed by atoms with E-state index in [4.69, 9.17) is 18.9 Å². The van der Waals surface area contributed by atoms with Crippen molar-refractivity contribution in [2.24, 2.45) is 0 Å². The molecule has 34 heavy (non-hydrogen) atoms. The van der Waals surface area contributed by atoms with Crippen LogP contribution in [-0.4, -0.2) is 61.9 Å². The van der Waals surface area contributed by atoms with Gasteiger partial charge < -0.3 is 24.3 Å². The largest absolute Gasteiger partial charge is 0.382 e. The van der Waals surface area contributed by atoms with Gasteiger partial charge in [0.2, 0.25) is 5.91 Å². The predicted molar refractivity (Wildman–Crippen MR) is 135 cm³/mol. The highest BCUT2D eigenvalue weighted by Gasteiger charge is 2.33. The number of rotatable bonds is 14. The second kappa shape index (κ2) is 13.0. The fraction of sp³-hybridized carbons (Fsp3) is 0.600. The van der Waals surface area contributed by atoms with Gasteiger partial charge in [-0.3, -0.25) is 4.79 Å². The zero-order chi connectivity index (χ0) is 23.8. The van der Waals surface area contributed by atoms with Crippen molar-refractivity contribution in [3.05, 3.63) is 40.9 Å². The molecule has 2 fully saturated rings. The Bertz CT molecular complexity index is 897. The third-order valence-electron chi connectivity index (χ3n) is 5.84. The van der Waals surface area contributed by atoms with E-state index < -0.39 is 5.92 Å². The van der Waals surface area contributed by atoms with E-state index in [-0.39, 0.29) is 18.1 Å². The number of aromatic nitrogens is 1. The Balaban J connectivity index is 1.46. The van der Waals surface area contributed by atoms with Crippen LogP contribution >= 0.6 is 23.1 Å². The summed E-state index contributed by atoms with van der Waals surface area (Å²) in [6, 6.07) is 8.40. The van der Waals surface area contributed by atoms with E-state index in [1.54, 1.807) is 13.3 Å². The maximum atomic E-state index is 13.6. The number of hydrogen-bond acceptors (Lipinski definition) is 8. The van der Waals surface area contributed by atoms with Gasteiger partial charge in [0, 0.05) is 30.1 Å². The minimum Gasteiger partial charge on any atom is -0.382 e. The van der Waals surface area contributed by atoms with Crippen LogP contribution < -0.4 is 5.32 Å². The van der Waals surface area contributed by atoms with Crippen molar-refractivity contribution in [3.8, 4) is 0 Å². The summed E-state index contributed by atoms with van der Waals surface area (Å²) in [5.74, 6) is -0.537. The average Bonchev–Trinajstić information content (AvgIpc) is 3.30. The first-order chi connectivity index (χ1) is 16.7. The standard InChI is InChI=1S/C25H34N2O5S2/c1-3-22(32-18-10-11-30-15-18)23(17-4-6-19(7-5-17)33-20-8-9-20)24(28)27-25-26-14-21(34-25)16-31-13-12-29-2/h4-7,14,18,20,22-23H,3,8-13,15-16H2,1-2H3,(H,26,27,28)/t18-,22+,23?/m1/s1. The second-order valence-electron chi connectivity index (χ2n) is 8.60. The van der Waals surface area contributed by atoms with Crippen molar-refractivity contribution in [1.82, 2.24) is 4.98 Å². The molecule has 9 heteroatoms. The van der Waals surface area contributed by atoms with E-state index in [0.29, 0.717) is 38.2 Å². The van der Waals surface area contributed by atoms with Crippen LogP contribution in [0.2, 0.25) is 0 Å². The summed E-state index contributed by atoms with van der Waals surface area (Å²) in [5.41, 5.74) is 0.961. The zero-order valence-corrected chi connectivity index (χ0v) is 21.5. The normalized spacial score (nSPS) is 19.8. The first-order valence-corrected chi connectivity index (χ1v) is 13.7. The average molecular weight is 507 g/mol. The lowest BCUT2D eigenvalue weighted by atomic mass is 9.90. The molecule has 1 unspecified atom stereocenters. The lowest BCUT2D eigenvalue weighted by molar-refractivity contribution is -0.123. The minimum atomic E-state index is -0.434. The van der Waals surface area contributed by atoms with Gasteiger partial charge in [-0.1, -0.05) is 30.4 Å². The molecule has 1 aromatic heterocycles. The van der Waals surface area contributed by atoms with E-state index in [1.165, 1.54) is 29.1 Å². The number of thiazole rings is 1. The molecule has 1 N–H and O–H groups in total. The van der Waals surface area contributed by atoms with Crippen molar-refractivity contribution in [3.63, 3.8) is 0 Å². The summed E-state index contributed by atoms with van der Waals surface area (Å²) in [4.78, 5) is 20.2. The molecule has 0 bridgehead atoms. The number of anilines is 1. The minimum absolute atomic E-state index is 0.0284. The molecular formula is C25H34N2O5S2. The molecule has 1 aliphatic carbocycles. The highest BCUT2D eigenvalue weighted by atomic mass is 32.2. The molecule has 1 saturated heterocycles. The van der Waals surface area contributed by atoms with Gasteiger partial charge in [0.1, 0.15) is 0 Å². The Kier molecular flexibility index (Phi) is 9.78. The maximum absolute atomic E-state index is 13.6. The lowest BCUT2D eigenvalue weighted by Crippen LogP contribution is -2.35. The number of thioether (sulfide) groups is 1. The maximum Gasteiger partial charge on any atom is 0.236 e. The topological polar surface area (TPSA) is 78.9 Å². The van der Waals surface area contributed by atoms with Gasteiger partial charge in [0.05, 0.1) is 49.4 Å². The van der Waals surface area contributed by atoms with Gasteiger partial charge in [-0.2, -0.15) is 0 Å². The molecule has 0 spiro atoms. The highest BCUT2D eigenvalue weighted by Crippen LogP contribution is 2.39. The third kappa shape index (κ3) is 7.50. The molecule has 2 aromatic rings. The lowest BCUT2D eigenvalue weighted by Gasteiger charge is -2.28. The Morgan fingerprint density at radius 2 is 2.09 bits per heavy atom. The Hall–Kier alpha value is -1.49. The molecule has 2 aliphatic rings. The number of nitrogens with one attached hydrogen (secondary N) is 1. The van der Waals surface area contributed by atoms with Crippen LogP contribution in [0, 0.1) is 0 Å². The number of ether oxygens (including phenoxy) is 4. The Morgan fingerprint density at radius 3 is 2.76 bits per heavy atom. The summed E-state index contributed by atoms with van der Waals surface area (Å²) >= 11 is 3.34. The fourth-order valence-electron chi connectivity index (χ4n) is 3.88. The van der Waals surface area contributed by atoms with Gasteiger partial charge in [-0.15, -0.1) is 11.8 Å². The van der Waals surface area contributed by atoms with Gasteiger partial charge in [0.15, 0.2) is 5.13 Å². The number of carbonyl (C=O) groups is 1. The van der Waals surface area contributed by atoms with Crippen LogP contribution in [0.4, 0.5) is 5.13 Å². The van der Waals surface area contributed by atoms with E-state index in [2.05, 4.69) is 41.5 Å². The zero-order valence-electron chi connectivity index (χ0n) is 19.9. The van der Waals surface area contributed by atoms with Crippen LogP contribution in [-0.2, 0) is 30.3 Å². The number of nitrogens with zero attached hydrogens (tertiary/aromatic N) is 1. The molecule has 1 aliphatic heterocycles. The van der Waals surface area contributed by atoms with Crippen LogP contribution in [0.3, 0.4) is 0 Å². The number of carbonyl (C=O) groups excluding carboxylic acids is 1. The van der Waals surface area contributed by atoms with Crippen LogP contribution in [0.1, 0.15) is 49.0 Å². The molecular weight excluding hydrogens is 472 g/mol. The van der Waals surface area contributed by atoms with Crippen molar-refractivity contribution in [2.75, 3.05) is 38.9 Å². The third-order valence-corrected chi connectivity index (χ3v) is 8.07. The monoisotopic (exact) mass is 506 g/mol. The molecule has 4 rings (SSSR count). The molecule has 1 aromatic carbocycles. The summed E-state index contributed by atoms with van der Waals surface area (Å²) in [6.07, 6.45) is 5.70. The quantitative estimate of drug-likeness (QED) is 0.366. The summed E-state index contributed by atoms with van der Waals surface area (Å²) in [6.45, 7) is 4.87. The van der Waals surface area contributed by atoms with Gasteiger partial charge in [-0.25, -0.2) is 4.98 Å². The van der Waals surface area contributed by atoms with Crippen LogP contribution in [0.5, 0.6) is 0 Å². The van der Waals surface area contributed by atoms with Crippen molar-refractivity contribution in [1.29, 1.82) is 0 Å². The van der Waals surface area contributed by atoms with Crippen molar-refractivity contribution < 1.29 is 23.7 Å². The fourth-order valence-corrected chi connectivity index (χ4v) is 5.68. The van der Waals surface area contributed by atoms with Crippen molar-refractivity contribution in [2.45, 2.75) is 67.5 Å². The smallest absolute Gasteiger partial charge is 0.236 e. The molecule has 2 heterocycles. The SMILES string of the molecule is CC[C@H](O[C@@H]1CCOC1)C(C(=O)Nc1ncc(COCCOC)s1)c1ccc(SC2CC2)cc1. The number of amides is 1. The number of hydrogen-bond donors (Lipinski definition) is 1. The van der Waals surface area contributed by atoms with E-state index in [1.807, 2.05) is 11.8 Å². The van der Waals surface area contributed by atoms with E-state index in [9.17, 15) is 4.79 Å². The number of benzene rings is 1. The second-order valence-corrected chi connectivity index (χ2v) is 11.1. The summed E-state index contributed by atoms with van der Waals surface area (Å²) in [5, 5.41) is 4.35. The van der Waals surface area contributed by atoms with Crippen LogP contribution in [0.25, 0.3) is 0 Å². The molecule has 186 valence electrons. The van der Waals surface area contributed by atoms with E-state index in [0.717, 1.165) is 28.5 Å². The van der Waals surface area contributed by atoms with Crippen LogP contribution in [0.15, 0.2) is 35.4 Å². The summed E-state index contributed by atoms with van der Waals surface area (Å²) in [7, 11) is 1.65. The first kappa shape index (κ1) is 25.6. The molecule has 3 atom stereocenters. The first-order valence-electron chi connectivity index (χ1n) is 12.0. The van der Waals surface area contributed by atoms with Gasteiger partial charge in [-0.05, 0) is 43.4 Å². The Labute approximate surface area is 209 Å². The van der Waals surface area contributed by atoms with Crippen molar-refractivity contribution >= 4 is 34.1 Å². The molecule has 1 saturated carbocycles. The number of methoxy groups -OCH3 is 1. The van der Waals surface area contributed by atoms with Gasteiger partial charge in [0.25, 0.3) is 0 Å². The van der Waals surface area contributed by atoms with E-state index >= 15 is 0 Å². The predicted octanol–water partition coefficient (Wildman–Crippen LogP) is 4.87. The summed E-state index contributed by atoms with van der Waals surface area (Å²) < 4.78 is 22.4. The molecule has 0 radical (unpaired) electrons. The molecule has 1 amide bonds. The van der Waals surface area contributed by atoms with Gasteiger partial charge >= 0.3 is 0 Å². The molecule has 7 nitrogen and oxygen atoms in total. The Morgan fingerprint density at radius 1 is 1.26 bits per heavy atom.